The lowest BCUT2D eigenvalue weighted by Crippen LogP contribution is -2.03. The molecule has 0 saturated heterocycles. The van der Waals surface area contributed by atoms with Gasteiger partial charge in [-0.2, -0.15) is 4.99 Å². The molecule has 1 aliphatic rings. The Kier molecular flexibility index (Phi) is 3.90. The van der Waals surface area contributed by atoms with Crippen molar-refractivity contribution < 1.29 is 14.8 Å². The van der Waals surface area contributed by atoms with Crippen molar-refractivity contribution in [2.75, 3.05) is 7.05 Å². The van der Waals surface area contributed by atoms with Crippen LogP contribution in [0, 0.1) is 10.1 Å². The summed E-state index contributed by atoms with van der Waals surface area (Å²) in [5.74, 6) is 1.16. The van der Waals surface area contributed by atoms with E-state index in [0.29, 0.717) is 22.7 Å². The van der Waals surface area contributed by atoms with Crippen LogP contribution in [0.2, 0.25) is 0 Å². The van der Waals surface area contributed by atoms with E-state index >= 15 is 0 Å². The third-order valence-corrected chi connectivity index (χ3v) is 2.73. The summed E-state index contributed by atoms with van der Waals surface area (Å²) in [6.45, 7) is 1.48. The van der Waals surface area contributed by atoms with Crippen molar-refractivity contribution in [3.05, 3.63) is 51.3 Å². The Morgan fingerprint density at radius 2 is 2.25 bits per heavy atom. The molecule has 104 valence electrons. The molecule has 0 amide bonds. The number of benzene rings is 1. The Labute approximate surface area is 115 Å². The van der Waals surface area contributed by atoms with E-state index in [1.54, 1.807) is 26.1 Å². The predicted molar refractivity (Wildman–Crippen MR) is 73.8 cm³/mol. The largest absolute Gasteiger partial charge is 0.435 e. The number of nitro groups is 1. The lowest BCUT2D eigenvalue weighted by molar-refractivity contribution is -0.385. The van der Waals surface area contributed by atoms with Crippen molar-refractivity contribution >= 4 is 17.4 Å². The van der Waals surface area contributed by atoms with Crippen LogP contribution in [-0.4, -0.2) is 28.8 Å². The maximum absolute atomic E-state index is 10.9. The van der Waals surface area contributed by atoms with Crippen molar-refractivity contribution in [3.63, 3.8) is 0 Å². The van der Waals surface area contributed by atoms with E-state index in [1.807, 2.05) is 0 Å². The lowest BCUT2D eigenvalue weighted by Gasteiger charge is -2.04. The number of allylic oxidation sites excluding steroid dienone is 1. The molecule has 0 radical (unpaired) electrons. The number of aliphatic hydroxyl groups excluding tert-OH is 1. The standard InChI is InChI=1S/C13H13N3O4/c1-3-11-12(14-2)15-13(20-11)9-4-8(7-17)5-10(6-9)16(18)19/h3-6,17H,7H2,1-2H3/b11-3+,14-12?. The first-order valence-corrected chi connectivity index (χ1v) is 5.88. The normalized spacial score (nSPS) is 18.2. The zero-order valence-corrected chi connectivity index (χ0v) is 11.0. The molecule has 0 saturated carbocycles. The molecule has 1 aromatic rings. The van der Waals surface area contributed by atoms with Gasteiger partial charge in [0, 0.05) is 24.7 Å². The average Bonchev–Trinajstić information content (AvgIpc) is 2.89. The molecule has 0 fully saturated rings. The topological polar surface area (TPSA) is 97.3 Å². The van der Waals surface area contributed by atoms with Gasteiger partial charge in [0.2, 0.25) is 5.90 Å². The van der Waals surface area contributed by atoms with Gasteiger partial charge in [0.25, 0.3) is 5.69 Å². The zero-order valence-electron chi connectivity index (χ0n) is 11.0. The van der Waals surface area contributed by atoms with E-state index in [2.05, 4.69) is 9.98 Å². The van der Waals surface area contributed by atoms with Gasteiger partial charge in [-0.05, 0) is 24.6 Å². The Morgan fingerprint density at radius 1 is 1.50 bits per heavy atom. The molecule has 2 rings (SSSR count). The van der Waals surface area contributed by atoms with Gasteiger partial charge in [0.1, 0.15) is 0 Å². The van der Waals surface area contributed by atoms with Crippen LogP contribution in [0.3, 0.4) is 0 Å². The zero-order chi connectivity index (χ0) is 14.7. The Hall–Kier alpha value is -2.54. The van der Waals surface area contributed by atoms with Gasteiger partial charge in [0.05, 0.1) is 11.5 Å². The van der Waals surface area contributed by atoms with Crippen molar-refractivity contribution in [2.24, 2.45) is 9.98 Å². The van der Waals surface area contributed by atoms with Gasteiger partial charge in [-0.15, -0.1) is 0 Å². The summed E-state index contributed by atoms with van der Waals surface area (Å²) in [5, 5.41) is 20.1. The molecular formula is C13H13N3O4. The molecule has 7 heteroatoms. The minimum atomic E-state index is -0.524. The molecule has 1 heterocycles. The summed E-state index contributed by atoms with van der Waals surface area (Å²) in [6, 6.07) is 4.26. The van der Waals surface area contributed by atoms with Crippen molar-refractivity contribution in [1.82, 2.24) is 0 Å². The summed E-state index contributed by atoms with van der Waals surface area (Å²) in [6.07, 6.45) is 1.71. The monoisotopic (exact) mass is 275 g/mol. The maximum Gasteiger partial charge on any atom is 0.270 e. The molecule has 1 aliphatic heterocycles. The predicted octanol–water partition coefficient (Wildman–Crippen LogP) is 1.80. The minimum Gasteiger partial charge on any atom is -0.435 e. The highest BCUT2D eigenvalue weighted by atomic mass is 16.6. The highest BCUT2D eigenvalue weighted by Gasteiger charge is 2.23. The van der Waals surface area contributed by atoms with Crippen LogP contribution in [0.15, 0.2) is 40.0 Å². The molecule has 7 nitrogen and oxygen atoms in total. The fourth-order valence-corrected chi connectivity index (χ4v) is 1.79. The van der Waals surface area contributed by atoms with Crippen LogP contribution in [0.1, 0.15) is 18.1 Å². The van der Waals surface area contributed by atoms with Gasteiger partial charge in [-0.1, -0.05) is 0 Å². The number of nitro benzene ring substituents is 1. The molecule has 1 aromatic carbocycles. The van der Waals surface area contributed by atoms with E-state index in [1.165, 1.54) is 12.1 Å². The summed E-state index contributed by atoms with van der Waals surface area (Å²) < 4.78 is 5.51. The van der Waals surface area contributed by atoms with Gasteiger partial charge < -0.3 is 9.84 Å². The fourth-order valence-electron chi connectivity index (χ4n) is 1.79. The highest BCUT2D eigenvalue weighted by molar-refractivity contribution is 6.14. The van der Waals surface area contributed by atoms with Crippen LogP contribution in [0.4, 0.5) is 5.69 Å². The quantitative estimate of drug-likeness (QED) is 0.671. The van der Waals surface area contributed by atoms with E-state index < -0.39 is 4.92 Å². The SMILES string of the molecule is C/C=C1/OC(c2cc(CO)cc([N+](=O)[O-])c2)=NC1=NC. The summed E-state index contributed by atoms with van der Waals surface area (Å²) in [7, 11) is 1.58. The van der Waals surface area contributed by atoms with Gasteiger partial charge in [0.15, 0.2) is 11.6 Å². The number of nitrogens with zero attached hydrogens (tertiary/aromatic N) is 3. The average molecular weight is 275 g/mol. The molecule has 0 unspecified atom stereocenters. The second kappa shape index (κ2) is 5.62. The molecular weight excluding hydrogens is 262 g/mol. The van der Waals surface area contributed by atoms with Gasteiger partial charge in [-0.3, -0.25) is 15.1 Å². The molecule has 0 spiro atoms. The third-order valence-electron chi connectivity index (χ3n) is 2.73. The number of rotatable bonds is 3. The summed E-state index contributed by atoms with van der Waals surface area (Å²) in [5.41, 5.74) is 0.729. The molecule has 20 heavy (non-hydrogen) atoms. The first-order valence-electron chi connectivity index (χ1n) is 5.88. The molecule has 0 bridgehead atoms. The van der Waals surface area contributed by atoms with Crippen LogP contribution in [-0.2, 0) is 11.3 Å². The van der Waals surface area contributed by atoms with Crippen molar-refractivity contribution in [1.29, 1.82) is 0 Å². The summed E-state index contributed by atoms with van der Waals surface area (Å²) >= 11 is 0. The molecule has 0 aromatic heterocycles. The van der Waals surface area contributed by atoms with Gasteiger partial charge in [-0.25, -0.2) is 0 Å². The highest BCUT2D eigenvalue weighted by Crippen LogP contribution is 2.23. The second-order valence-corrected chi connectivity index (χ2v) is 4.02. The maximum atomic E-state index is 10.9. The number of hydrogen-bond donors (Lipinski definition) is 1. The molecule has 1 N–H and O–H groups in total. The number of ether oxygens (including phenoxy) is 1. The van der Waals surface area contributed by atoms with E-state index in [4.69, 9.17) is 9.84 Å². The first-order chi connectivity index (χ1) is 9.58. The number of aliphatic hydroxyl groups is 1. The second-order valence-electron chi connectivity index (χ2n) is 4.02. The van der Waals surface area contributed by atoms with Crippen LogP contribution in [0.25, 0.3) is 0 Å². The third kappa shape index (κ3) is 2.57. The molecule has 0 atom stereocenters. The van der Waals surface area contributed by atoms with E-state index in [0.717, 1.165) is 0 Å². The van der Waals surface area contributed by atoms with Crippen LogP contribution < -0.4 is 0 Å². The van der Waals surface area contributed by atoms with Gasteiger partial charge >= 0.3 is 0 Å². The van der Waals surface area contributed by atoms with Crippen molar-refractivity contribution in [3.8, 4) is 0 Å². The van der Waals surface area contributed by atoms with Crippen LogP contribution >= 0.6 is 0 Å². The number of aliphatic imine (C=N–C) groups is 2. The fraction of sp³-hybridized carbons (Fsp3) is 0.231. The summed E-state index contributed by atoms with van der Waals surface area (Å²) in [4.78, 5) is 18.5. The van der Waals surface area contributed by atoms with Crippen LogP contribution in [0.5, 0.6) is 0 Å². The number of non-ortho nitro benzene ring substituents is 1. The van der Waals surface area contributed by atoms with E-state index in [9.17, 15) is 10.1 Å². The van der Waals surface area contributed by atoms with Crippen molar-refractivity contribution in [2.45, 2.75) is 13.5 Å². The lowest BCUT2D eigenvalue weighted by atomic mass is 10.1. The Morgan fingerprint density at radius 3 is 2.75 bits per heavy atom. The van der Waals surface area contributed by atoms with E-state index in [-0.39, 0.29) is 18.2 Å². The first kappa shape index (κ1) is 13.9. The molecule has 0 aliphatic carbocycles. The number of hydrogen-bond acceptors (Lipinski definition) is 5. The smallest absolute Gasteiger partial charge is 0.270 e. The number of amidine groups is 1. The Bertz CT molecular complexity index is 647. The minimum absolute atomic E-state index is 0.123. The Balaban J connectivity index is 2.49.